The van der Waals surface area contributed by atoms with E-state index in [-0.39, 0.29) is 6.04 Å². The molecule has 1 aromatic carbocycles. The van der Waals surface area contributed by atoms with Crippen LogP contribution in [0.2, 0.25) is 0 Å². The van der Waals surface area contributed by atoms with Crippen LogP contribution in [0.3, 0.4) is 0 Å². The van der Waals surface area contributed by atoms with Gasteiger partial charge in [0.2, 0.25) is 0 Å². The van der Waals surface area contributed by atoms with Crippen LogP contribution < -0.4 is 20.2 Å². The Morgan fingerprint density at radius 1 is 1.26 bits per heavy atom. The molecule has 0 fully saturated rings. The van der Waals surface area contributed by atoms with E-state index in [9.17, 15) is 9.59 Å². The van der Waals surface area contributed by atoms with Crippen LogP contribution in [0.25, 0.3) is 0 Å². The van der Waals surface area contributed by atoms with Crippen molar-refractivity contribution in [1.82, 2.24) is 10.7 Å². The molecule has 0 aliphatic carbocycles. The highest BCUT2D eigenvalue weighted by Gasteiger charge is 2.14. The normalized spacial score (nSPS) is 11.8. The lowest BCUT2D eigenvalue weighted by atomic mass is 10.2. The summed E-state index contributed by atoms with van der Waals surface area (Å²) in [4.78, 5) is 23.1. The number of ether oxygens (including phenoxy) is 2. The molecule has 0 unspecified atom stereocenters. The minimum absolute atomic E-state index is 0.0624. The topological polar surface area (TPSA) is 89.0 Å². The number of hydrogen-bond donors (Lipinski definition) is 2. The van der Waals surface area contributed by atoms with E-state index >= 15 is 0 Å². The second-order valence-electron chi connectivity index (χ2n) is 4.83. The number of benzene rings is 1. The molecule has 0 aromatic heterocycles. The van der Waals surface area contributed by atoms with E-state index in [1.165, 1.54) is 6.21 Å². The van der Waals surface area contributed by atoms with Gasteiger partial charge in [0.05, 0.1) is 19.9 Å². The molecule has 0 aliphatic heterocycles. The minimum Gasteiger partial charge on any atom is -0.493 e. The summed E-state index contributed by atoms with van der Waals surface area (Å²) >= 11 is 0. The fraction of sp³-hybridized carbons (Fsp3) is 0.438. The SMILES string of the molecule is CCOc1cc(/C=N\NC(=O)C(=O)N[C@H](C)CC)ccc1OC. The molecule has 126 valence electrons. The number of carbonyl (C=O) groups excluding carboxylic acids is 2. The van der Waals surface area contributed by atoms with E-state index in [0.29, 0.717) is 23.7 Å². The molecule has 2 amide bonds. The number of nitrogens with one attached hydrogen (secondary N) is 2. The van der Waals surface area contributed by atoms with Crippen LogP contribution in [0.15, 0.2) is 23.3 Å². The van der Waals surface area contributed by atoms with Gasteiger partial charge >= 0.3 is 11.8 Å². The lowest BCUT2D eigenvalue weighted by Gasteiger charge is -2.10. The Morgan fingerprint density at radius 2 is 2.00 bits per heavy atom. The number of rotatable bonds is 7. The fourth-order valence-electron chi connectivity index (χ4n) is 1.65. The molecule has 7 heteroatoms. The van der Waals surface area contributed by atoms with Gasteiger partial charge in [-0.05, 0) is 44.0 Å². The van der Waals surface area contributed by atoms with E-state index < -0.39 is 11.8 Å². The number of hydrazone groups is 1. The zero-order chi connectivity index (χ0) is 17.2. The fourth-order valence-corrected chi connectivity index (χ4v) is 1.65. The minimum atomic E-state index is -0.805. The van der Waals surface area contributed by atoms with Gasteiger partial charge in [0.15, 0.2) is 11.5 Å². The highest BCUT2D eigenvalue weighted by molar-refractivity contribution is 6.35. The monoisotopic (exact) mass is 321 g/mol. The molecule has 1 aromatic rings. The van der Waals surface area contributed by atoms with E-state index in [1.807, 2.05) is 20.8 Å². The van der Waals surface area contributed by atoms with E-state index in [4.69, 9.17) is 9.47 Å². The summed E-state index contributed by atoms with van der Waals surface area (Å²) < 4.78 is 10.6. The number of nitrogens with zero attached hydrogens (tertiary/aromatic N) is 1. The van der Waals surface area contributed by atoms with Crippen molar-refractivity contribution in [3.8, 4) is 11.5 Å². The molecule has 0 bridgehead atoms. The number of methoxy groups -OCH3 is 1. The number of amides is 2. The summed E-state index contributed by atoms with van der Waals surface area (Å²) in [5.41, 5.74) is 2.89. The summed E-state index contributed by atoms with van der Waals surface area (Å²) in [7, 11) is 1.56. The smallest absolute Gasteiger partial charge is 0.329 e. The standard InChI is InChI=1S/C16H23N3O4/c1-5-11(3)18-15(20)16(21)19-17-10-12-7-8-13(22-4)14(9-12)23-6-2/h7-11H,5-6H2,1-4H3,(H,18,20)(H,19,21)/b17-10-/t11-/m1/s1. The van der Waals surface area contributed by atoms with Crippen molar-refractivity contribution >= 4 is 18.0 Å². The number of carbonyl (C=O) groups is 2. The quantitative estimate of drug-likeness (QED) is 0.452. The highest BCUT2D eigenvalue weighted by Crippen LogP contribution is 2.27. The Balaban J connectivity index is 2.65. The highest BCUT2D eigenvalue weighted by atomic mass is 16.5. The van der Waals surface area contributed by atoms with E-state index in [0.717, 1.165) is 6.42 Å². The average molecular weight is 321 g/mol. The van der Waals surface area contributed by atoms with Crippen molar-refractivity contribution in [2.75, 3.05) is 13.7 Å². The predicted molar refractivity (Wildman–Crippen MR) is 87.8 cm³/mol. The molecule has 1 atom stereocenters. The third-order valence-electron chi connectivity index (χ3n) is 3.06. The van der Waals surface area contributed by atoms with Crippen LogP contribution in [-0.4, -0.2) is 37.8 Å². The van der Waals surface area contributed by atoms with Gasteiger partial charge in [0.1, 0.15) is 0 Å². The number of hydrogen-bond acceptors (Lipinski definition) is 5. The zero-order valence-electron chi connectivity index (χ0n) is 13.9. The maximum Gasteiger partial charge on any atom is 0.329 e. The van der Waals surface area contributed by atoms with E-state index in [2.05, 4.69) is 15.8 Å². The molecule has 23 heavy (non-hydrogen) atoms. The first-order chi connectivity index (χ1) is 11.0. The van der Waals surface area contributed by atoms with Crippen molar-refractivity contribution in [3.05, 3.63) is 23.8 Å². The first-order valence-corrected chi connectivity index (χ1v) is 7.46. The van der Waals surface area contributed by atoms with Crippen molar-refractivity contribution < 1.29 is 19.1 Å². The van der Waals surface area contributed by atoms with Crippen molar-refractivity contribution in [2.24, 2.45) is 5.10 Å². The van der Waals surface area contributed by atoms with Gasteiger partial charge in [-0.15, -0.1) is 0 Å². The van der Waals surface area contributed by atoms with Gasteiger partial charge in [-0.3, -0.25) is 9.59 Å². The molecular weight excluding hydrogens is 298 g/mol. The second-order valence-corrected chi connectivity index (χ2v) is 4.83. The Morgan fingerprint density at radius 3 is 2.61 bits per heavy atom. The summed E-state index contributed by atoms with van der Waals surface area (Å²) in [6, 6.07) is 5.17. The Kier molecular flexibility index (Phi) is 7.59. The van der Waals surface area contributed by atoms with Crippen LogP contribution in [0.4, 0.5) is 0 Å². The van der Waals surface area contributed by atoms with Crippen LogP contribution in [0.1, 0.15) is 32.8 Å². The average Bonchev–Trinajstić information content (AvgIpc) is 2.55. The van der Waals surface area contributed by atoms with Gasteiger partial charge in [-0.1, -0.05) is 6.92 Å². The lowest BCUT2D eigenvalue weighted by Crippen LogP contribution is -2.41. The van der Waals surface area contributed by atoms with Crippen molar-refractivity contribution in [3.63, 3.8) is 0 Å². The third-order valence-corrected chi connectivity index (χ3v) is 3.06. The van der Waals surface area contributed by atoms with Gasteiger partial charge in [0, 0.05) is 6.04 Å². The van der Waals surface area contributed by atoms with Crippen LogP contribution in [0, 0.1) is 0 Å². The summed E-state index contributed by atoms with van der Waals surface area (Å²) in [6.07, 6.45) is 2.17. The molecule has 0 spiro atoms. The van der Waals surface area contributed by atoms with Crippen molar-refractivity contribution in [1.29, 1.82) is 0 Å². The molecule has 1 rings (SSSR count). The molecule has 0 radical (unpaired) electrons. The third kappa shape index (κ3) is 5.98. The maximum absolute atomic E-state index is 11.6. The summed E-state index contributed by atoms with van der Waals surface area (Å²) in [6.45, 7) is 6.11. The van der Waals surface area contributed by atoms with Gasteiger partial charge in [-0.25, -0.2) is 5.43 Å². The molecular formula is C16H23N3O4. The van der Waals surface area contributed by atoms with Crippen LogP contribution >= 0.6 is 0 Å². The zero-order valence-corrected chi connectivity index (χ0v) is 13.9. The largest absolute Gasteiger partial charge is 0.493 e. The Bertz CT molecular complexity index is 572. The molecule has 7 nitrogen and oxygen atoms in total. The summed E-state index contributed by atoms with van der Waals surface area (Å²) in [5.74, 6) is -0.318. The molecule has 0 saturated carbocycles. The second kappa shape index (κ2) is 9.45. The first kappa shape index (κ1) is 18.5. The summed E-state index contributed by atoms with van der Waals surface area (Å²) in [5, 5.41) is 6.33. The van der Waals surface area contributed by atoms with Crippen LogP contribution in [-0.2, 0) is 9.59 Å². The molecule has 0 heterocycles. The van der Waals surface area contributed by atoms with Crippen LogP contribution in [0.5, 0.6) is 11.5 Å². The van der Waals surface area contributed by atoms with Gasteiger partial charge < -0.3 is 14.8 Å². The van der Waals surface area contributed by atoms with Crippen molar-refractivity contribution in [2.45, 2.75) is 33.2 Å². The molecule has 2 N–H and O–H groups in total. The Hall–Kier alpha value is -2.57. The molecule has 0 aliphatic rings. The van der Waals surface area contributed by atoms with Gasteiger partial charge in [-0.2, -0.15) is 5.10 Å². The Labute approximate surface area is 136 Å². The molecule has 0 saturated heterocycles. The lowest BCUT2D eigenvalue weighted by molar-refractivity contribution is -0.139. The predicted octanol–water partition coefficient (Wildman–Crippen LogP) is 1.46. The maximum atomic E-state index is 11.6. The van der Waals surface area contributed by atoms with E-state index in [1.54, 1.807) is 25.3 Å². The van der Waals surface area contributed by atoms with Gasteiger partial charge in [0.25, 0.3) is 0 Å². The first-order valence-electron chi connectivity index (χ1n) is 7.46.